The Morgan fingerprint density at radius 2 is 2.00 bits per heavy atom. The van der Waals surface area contributed by atoms with Gasteiger partial charge in [-0.15, -0.1) is 0 Å². The maximum atomic E-state index is 5.55. The summed E-state index contributed by atoms with van der Waals surface area (Å²) in [6.45, 7) is 7.12. The van der Waals surface area contributed by atoms with Crippen LogP contribution in [0.2, 0.25) is 0 Å². The van der Waals surface area contributed by atoms with E-state index in [4.69, 9.17) is 4.74 Å². The van der Waals surface area contributed by atoms with Crippen molar-refractivity contribution in [2.75, 3.05) is 11.9 Å². The van der Waals surface area contributed by atoms with Crippen molar-refractivity contribution in [1.29, 1.82) is 0 Å². The number of hydrogen-bond donors (Lipinski definition) is 1. The zero-order valence-electron chi connectivity index (χ0n) is 9.92. The van der Waals surface area contributed by atoms with Crippen molar-refractivity contribution in [3.05, 3.63) is 24.3 Å². The molecule has 0 saturated carbocycles. The van der Waals surface area contributed by atoms with E-state index >= 15 is 0 Å². The summed E-state index contributed by atoms with van der Waals surface area (Å²) in [5, 5.41) is 3.47. The fourth-order valence-corrected chi connectivity index (χ4v) is 1.64. The third-order valence-corrected chi connectivity index (χ3v) is 2.31. The number of nitrogens with one attached hydrogen (secondary N) is 1. The molecule has 0 heterocycles. The highest BCUT2D eigenvalue weighted by Gasteiger charge is 2.05. The van der Waals surface area contributed by atoms with Crippen LogP contribution in [0.5, 0.6) is 5.75 Å². The highest BCUT2D eigenvalue weighted by molar-refractivity contribution is 5.56. The molecule has 0 saturated heterocycles. The Hall–Kier alpha value is -1.18. The van der Waals surface area contributed by atoms with E-state index < -0.39 is 0 Å². The molecule has 0 aliphatic rings. The van der Waals surface area contributed by atoms with Gasteiger partial charge in [0.05, 0.1) is 12.3 Å². The summed E-state index contributed by atoms with van der Waals surface area (Å²) in [6.07, 6.45) is 2.38. The third-order valence-electron chi connectivity index (χ3n) is 2.31. The van der Waals surface area contributed by atoms with Gasteiger partial charge in [0.15, 0.2) is 0 Å². The van der Waals surface area contributed by atoms with Gasteiger partial charge in [0.1, 0.15) is 5.75 Å². The van der Waals surface area contributed by atoms with E-state index in [1.807, 2.05) is 25.1 Å². The van der Waals surface area contributed by atoms with E-state index in [0.29, 0.717) is 12.6 Å². The lowest BCUT2D eigenvalue weighted by atomic mass is 10.2. The van der Waals surface area contributed by atoms with Crippen LogP contribution in [0.3, 0.4) is 0 Å². The van der Waals surface area contributed by atoms with Gasteiger partial charge in [-0.05, 0) is 32.4 Å². The number of hydrogen-bond acceptors (Lipinski definition) is 2. The first-order valence-electron chi connectivity index (χ1n) is 5.76. The summed E-state index contributed by atoms with van der Waals surface area (Å²) in [5.41, 5.74) is 1.10. The smallest absolute Gasteiger partial charge is 0.142 e. The van der Waals surface area contributed by atoms with Crippen LogP contribution in [0.15, 0.2) is 24.3 Å². The van der Waals surface area contributed by atoms with Gasteiger partial charge in [0.25, 0.3) is 0 Å². The quantitative estimate of drug-likeness (QED) is 0.768. The molecule has 15 heavy (non-hydrogen) atoms. The van der Waals surface area contributed by atoms with Gasteiger partial charge >= 0.3 is 0 Å². The first kappa shape index (κ1) is 11.9. The second-order valence-corrected chi connectivity index (χ2v) is 3.76. The van der Waals surface area contributed by atoms with Crippen molar-refractivity contribution in [2.45, 2.75) is 39.7 Å². The SMILES string of the molecule is CCC[C@@H](C)Nc1ccccc1OCC. The minimum absolute atomic E-state index is 0.497. The molecule has 84 valence electrons. The summed E-state index contributed by atoms with van der Waals surface area (Å²) in [6, 6.07) is 8.60. The lowest BCUT2D eigenvalue weighted by molar-refractivity contribution is 0.341. The standard InChI is InChI=1S/C13H21NO/c1-4-8-11(3)14-12-9-6-7-10-13(12)15-5-2/h6-7,9-11,14H,4-5,8H2,1-3H3/t11-/m1/s1. The minimum atomic E-state index is 0.497. The average Bonchev–Trinajstić information content (AvgIpc) is 2.21. The lowest BCUT2D eigenvalue weighted by Crippen LogP contribution is -2.15. The van der Waals surface area contributed by atoms with Gasteiger partial charge in [0, 0.05) is 6.04 Å². The summed E-state index contributed by atoms with van der Waals surface area (Å²) in [7, 11) is 0. The van der Waals surface area contributed by atoms with Crippen LogP contribution in [-0.2, 0) is 0 Å². The molecule has 1 rings (SSSR count). The molecular formula is C13H21NO. The maximum Gasteiger partial charge on any atom is 0.142 e. The molecule has 0 amide bonds. The van der Waals surface area contributed by atoms with Crippen molar-refractivity contribution in [3.8, 4) is 5.75 Å². The largest absolute Gasteiger partial charge is 0.492 e. The minimum Gasteiger partial charge on any atom is -0.492 e. The summed E-state index contributed by atoms with van der Waals surface area (Å²) < 4.78 is 5.55. The van der Waals surface area contributed by atoms with Crippen molar-refractivity contribution in [3.63, 3.8) is 0 Å². The molecular weight excluding hydrogens is 186 g/mol. The van der Waals surface area contributed by atoms with Gasteiger partial charge in [-0.2, -0.15) is 0 Å². The number of ether oxygens (including phenoxy) is 1. The monoisotopic (exact) mass is 207 g/mol. The molecule has 0 fully saturated rings. The zero-order chi connectivity index (χ0) is 11.1. The van der Waals surface area contributed by atoms with Crippen LogP contribution in [0.25, 0.3) is 0 Å². The van der Waals surface area contributed by atoms with Crippen LogP contribution in [-0.4, -0.2) is 12.6 Å². The topological polar surface area (TPSA) is 21.3 Å². The molecule has 1 aromatic carbocycles. The average molecular weight is 207 g/mol. The predicted octanol–water partition coefficient (Wildman–Crippen LogP) is 3.69. The summed E-state index contributed by atoms with van der Waals surface area (Å²) in [5.74, 6) is 0.947. The molecule has 0 unspecified atom stereocenters. The first-order valence-corrected chi connectivity index (χ1v) is 5.76. The maximum absolute atomic E-state index is 5.55. The normalized spacial score (nSPS) is 12.2. The Balaban J connectivity index is 2.66. The van der Waals surface area contributed by atoms with Crippen molar-refractivity contribution < 1.29 is 4.74 Å². The molecule has 0 radical (unpaired) electrons. The molecule has 0 aliphatic carbocycles. The van der Waals surface area contributed by atoms with Crippen LogP contribution in [0.1, 0.15) is 33.6 Å². The van der Waals surface area contributed by atoms with Gasteiger partial charge in [0.2, 0.25) is 0 Å². The van der Waals surface area contributed by atoms with Gasteiger partial charge in [-0.25, -0.2) is 0 Å². The van der Waals surface area contributed by atoms with E-state index in [0.717, 1.165) is 11.4 Å². The Kier molecular flexibility index (Phi) is 5.02. The molecule has 2 heteroatoms. The van der Waals surface area contributed by atoms with Gasteiger partial charge in [-0.3, -0.25) is 0 Å². The van der Waals surface area contributed by atoms with Crippen LogP contribution in [0.4, 0.5) is 5.69 Å². The summed E-state index contributed by atoms with van der Waals surface area (Å²) in [4.78, 5) is 0. The number of anilines is 1. The van der Waals surface area contributed by atoms with Crippen LogP contribution < -0.4 is 10.1 Å². The first-order chi connectivity index (χ1) is 7.27. The molecule has 0 aliphatic heterocycles. The van der Waals surface area contributed by atoms with Crippen molar-refractivity contribution in [1.82, 2.24) is 0 Å². The van der Waals surface area contributed by atoms with Gasteiger partial charge in [-0.1, -0.05) is 25.5 Å². The predicted molar refractivity (Wildman–Crippen MR) is 65.6 cm³/mol. The molecule has 1 aromatic rings. The van der Waals surface area contributed by atoms with E-state index in [2.05, 4.69) is 25.2 Å². The van der Waals surface area contributed by atoms with Crippen LogP contribution >= 0.6 is 0 Å². The highest BCUT2D eigenvalue weighted by Crippen LogP contribution is 2.24. The molecule has 0 spiro atoms. The van der Waals surface area contributed by atoms with Crippen molar-refractivity contribution in [2.24, 2.45) is 0 Å². The fourth-order valence-electron chi connectivity index (χ4n) is 1.64. The molecule has 0 bridgehead atoms. The molecule has 1 N–H and O–H groups in total. The molecule has 2 nitrogen and oxygen atoms in total. The van der Waals surface area contributed by atoms with E-state index in [9.17, 15) is 0 Å². The van der Waals surface area contributed by atoms with E-state index in [1.54, 1.807) is 0 Å². The third kappa shape index (κ3) is 3.82. The van der Waals surface area contributed by atoms with Gasteiger partial charge < -0.3 is 10.1 Å². The van der Waals surface area contributed by atoms with E-state index in [-0.39, 0.29) is 0 Å². The second kappa shape index (κ2) is 6.33. The fraction of sp³-hybridized carbons (Fsp3) is 0.538. The Morgan fingerprint density at radius 1 is 1.27 bits per heavy atom. The van der Waals surface area contributed by atoms with Crippen LogP contribution in [0, 0.1) is 0 Å². The Labute approximate surface area is 92.6 Å². The lowest BCUT2D eigenvalue weighted by Gasteiger charge is -2.17. The highest BCUT2D eigenvalue weighted by atomic mass is 16.5. The Morgan fingerprint density at radius 3 is 2.67 bits per heavy atom. The zero-order valence-corrected chi connectivity index (χ0v) is 9.92. The molecule has 1 atom stereocenters. The van der Waals surface area contributed by atoms with E-state index in [1.165, 1.54) is 12.8 Å². The number of para-hydroxylation sites is 2. The second-order valence-electron chi connectivity index (χ2n) is 3.76. The number of rotatable bonds is 6. The number of benzene rings is 1. The Bertz CT molecular complexity index is 286. The summed E-state index contributed by atoms with van der Waals surface area (Å²) >= 11 is 0. The van der Waals surface area contributed by atoms with Crippen molar-refractivity contribution >= 4 is 5.69 Å². The molecule has 0 aromatic heterocycles.